The molecule has 27 heavy (non-hydrogen) atoms. The molecule has 0 bridgehead atoms. The summed E-state index contributed by atoms with van der Waals surface area (Å²) in [5.74, 6) is -0.0299. The SMILES string of the molecule is CN(C)c1nc(N)nc(COC(=O)C[C@@H](NC(N)=O)c2ccccc2Cl)n1. The van der Waals surface area contributed by atoms with Crippen molar-refractivity contribution in [3.8, 4) is 0 Å². The molecule has 10 nitrogen and oxygen atoms in total. The summed E-state index contributed by atoms with van der Waals surface area (Å²) in [5.41, 5.74) is 11.4. The molecule has 1 aromatic carbocycles. The second-order valence-electron chi connectivity index (χ2n) is 5.75. The van der Waals surface area contributed by atoms with Gasteiger partial charge in [0.25, 0.3) is 0 Å². The van der Waals surface area contributed by atoms with Crippen LogP contribution in [0.4, 0.5) is 16.7 Å². The molecule has 1 aromatic heterocycles. The lowest BCUT2D eigenvalue weighted by Gasteiger charge is -2.18. The fraction of sp³-hybridized carbons (Fsp3) is 0.312. The van der Waals surface area contributed by atoms with Gasteiger partial charge in [-0.1, -0.05) is 29.8 Å². The maximum absolute atomic E-state index is 12.2. The van der Waals surface area contributed by atoms with Gasteiger partial charge in [-0.25, -0.2) is 4.79 Å². The lowest BCUT2D eigenvalue weighted by atomic mass is 10.0. The van der Waals surface area contributed by atoms with Crippen LogP contribution in [0.5, 0.6) is 0 Å². The van der Waals surface area contributed by atoms with Gasteiger partial charge >= 0.3 is 12.0 Å². The molecular weight excluding hydrogens is 374 g/mol. The van der Waals surface area contributed by atoms with Gasteiger partial charge in [-0.2, -0.15) is 15.0 Å². The second kappa shape index (κ2) is 8.99. The van der Waals surface area contributed by atoms with Crippen LogP contribution in [0.1, 0.15) is 23.9 Å². The number of rotatable bonds is 7. The number of amides is 2. The van der Waals surface area contributed by atoms with Gasteiger partial charge in [0.2, 0.25) is 11.9 Å². The van der Waals surface area contributed by atoms with Crippen molar-refractivity contribution >= 4 is 35.5 Å². The first-order valence-corrected chi connectivity index (χ1v) is 8.28. The molecule has 5 N–H and O–H groups in total. The second-order valence-corrected chi connectivity index (χ2v) is 6.16. The van der Waals surface area contributed by atoms with E-state index >= 15 is 0 Å². The van der Waals surface area contributed by atoms with E-state index in [1.807, 2.05) is 0 Å². The molecule has 0 aliphatic heterocycles. The Bertz CT molecular complexity index is 831. The molecule has 0 unspecified atom stereocenters. The van der Waals surface area contributed by atoms with Crippen LogP contribution in [0.15, 0.2) is 24.3 Å². The molecule has 0 aliphatic rings. The highest BCUT2D eigenvalue weighted by atomic mass is 35.5. The number of esters is 1. The number of hydrogen-bond donors (Lipinski definition) is 3. The fourth-order valence-corrected chi connectivity index (χ4v) is 2.50. The summed E-state index contributed by atoms with van der Waals surface area (Å²) < 4.78 is 5.19. The zero-order valence-corrected chi connectivity index (χ0v) is 15.6. The molecule has 0 aliphatic carbocycles. The van der Waals surface area contributed by atoms with Gasteiger partial charge in [0, 0.05) is 19.1 Å². The molecule has 0 radical (unpaired) electrons. The number of nitrogens with two attached hydrogens (primary N) is 2. The maximum Gasteiger partial charge on any atom is 0.312 e. The lowest BCUT2D eigenvalue weighted by Crippen LogP contribution is -2.34. The number of anilines is 2. The predicted octanol–water partition coefficient (Wildman–Crippen LogP) is 1.02. The van der Waals surface area contributed by atoms with E-state index in [9.17, 15) is 9.59 Å². The van der Waals surface area contributed by atoms with E-state index in [0.29, 0.717) is 16.5 Å². The number of aromatic nitrogens is 3. The number of nitrogens with zero attached hydrogens (tertiary/aromatic N) is 4. The quantitative estimate of drug-likeness (QED) is 0.590. The van der Waals surface area contributed by atoms with Gasteiger partial charge in [-0.3, -0.25) is 4.79 Å². The molecule has 0 saturated carbocycles. The number of nitrogen functional groups attached to an aromatic ring is 1. The number of carbonyl (C=O) groups is 2. The monoisotopic (exact) mass is 393 g/mol. The fourth-order valence-electron chi connectivity index (χ4n) is 2.23. The molecular formula is C16H20ClN7O3. The van der Waals surface area contributed by atoms with Crippen molar-refractivity contribution in [2.24, 2.45) is 5.73 Å². The molecule has 0 saturated heterocycles. The highest BCUT2D eigenvalue weighted by molar-refractivity contribution is 6.31. The van der Waals surface area contributed by atoms with E-state index in [0.717, 1.165) is 0 Å². The predicted molar refractivity (Wildman–Crippen MR) is 99.9 cm³/mol. The smallest absolute Gasteiger partial charge is 0.312 e. The van der Waals surface area contributed by atoms with Gasteiger partial charge in [-0.15, -0.1) is 0 Å². The van der Waals surface area contributed by atoms with Crippen molar-refractivity contribution in [2.45, 2.75) is 19.1 Å². The van der Waals surface area contributed by atoms with Crippen molar-refractivity contribution in [3.05, 3.63) is 40.7 Å². The Morgan fingerprint density at radius 3 is 2.59 bits per heavy atom. The molecule has 0 spiro atoms. The van der Waals surface area contributed by atoms with Gasteiger partial charge in [0.1, 0.15) is 0 Å². The molecule has 1 atom stereocenters. The summed E-state index contributed by atoms with van der Waals surface area (Å²) in [6.45, 7) is -0.196. The zero-order valence-electron chi connectivity index (χ0n) is 14.8. The third-order valence-electron chi connectivity index (χ3n) is 3.42. The Labute approximate surface area is 160 Å². The summed E-state index contributed by atoms with van der Waals surface area (Å²) in [4.78, 5) is 37.2. The summed E-state index contributed by atoms with van der Waals surface area (Å²) in [7, 11) is 3.49. The minimum Gasteiger partial charge on any atom is -0.457 e. The molecule has 1 heterocycles. The first-order chi connectivity index (χ1) is 12.8. The number of primary amides is 1. The number of nitrogens with one attached hydrogen (secondary N) is 1. The first kappa shape index (κ1) is 20.2. The maximum atomic E-state index is 12.2. The Morgan fingerprint density at radius 1 is 1.26 bits per heavy atom. The van der Waals surface area contributed by atoms with Crippen molar-refractivity contribution in [3.63, 3.8) is 0 Å². The Balaban J connectivity index is 2.06. The van der Waals surface area contributed by atoms with Gasteiger partial charge in [0.15, 0.2) is 12.4 Å². The molecule has 11 heteroatoms. The lowest BCUT2D eigenvalue weighted by molar-refractivity contribution is -0.145. The summed E-state index contributed by atoms with van der Waals surface area (Å²) in [5, 5.41) is 2.88. The minimum absolute atomic E-state index is 0.0177. The number of hydrogen-bond acceptors (Lipinski definition) is 8. The van der Waals surface area contributed by atoms with Crippen LogP contribution in [0.3, 0.4) is 0 Å². The van der Waals surface area contributed by atoms with Crippen molar-refractivity contribution in [1.29, 1.82) is 0 Å². The highest BCUT2D eigenvalue weighted by Crippen LogP contribution is 2.25. The van der Waals surface area contributed by atoms with Crippen molar-refractivity contribution < 1.29 is 14.3 Å². The van der Waals surface area contributed by atoms with Crippen LogP contribution in [0.25, 0.3) is 0 Å². The standard InChI is InChI=1S/C16H20ClN7O3/c1-24(2)16-22-12(21-14(18)23-16)8-27-13(25)7-11(20-15(19)26)9-5-3-4-6-10(9)17/h3-6,11H,7-8H2,1-2H3,(H3,19,20,26)(H2,18,21,22,23)/t11-/m1/s1. The van der Waals surface area contributed by atoms with Crippen LogP contribution in [0.2, 0.25) is 5.02 Å². The summed E-state index contributed by atoms with van der Waals surface area (Å²) in [6, 6.07) is 5.29. The first-order valence-electron chi connectivity index (χ1n) is 7.90. The topological polar surface area (TPSA) is 149 Å². The Hall–Kier alpha value is -3.14. The number of benzene rings is 1. The molecule has 2 aromatic rings. The van der Waals surface area contributed by atoms with E-state index in [1.165, 1.54) is 0 Å². The molecule has 2 amide bonds. The average molecular weight is 394 g/mol. The van der Waals surface area contributed by atoms with E-state index in [2.05, 4.69) is 20.3 Å². The van der Waals surface area contributed by atoms with Crippen LogP contribution < -0.4 is 21.7 Å². The average Bonchev–Trinajstić information content (AvgIpc) is 2.59. The van der Waals surface area contributed by atoms with E-state index < -0.39 is 18.0 Å². The van der Waals surface area contributed by atoms with E-state index in [4.69, 9.17) is 27.8 Å². The van der Waals surface area contributed by atoms with Crippen LogP contribution in [-0.4, -0.2) is 41.0 Å². The molecule has 0 fully saturated rings. The number of ether oxygens (including phenoxy) is 1. The van der Waals surface area contributed by atoms with Crippen LogP contribution in [-0.2, 0) is 16.1 Å². The Morgan fingerprint density at radius 2 is 1.96 bits per heavy atom. The third-order valence-corrected chi connectivity index (χ3v) is 3.76. The summed E-state index contributed by atoms with van der Waals surface area (Å²) in [6.07, 6.45) is -0.173. The zero-order chi connectivity index (χ0) is 20.0. The van der Waals surface area contributed by atoms with Crippen LogP contribution >= 0.6 is 11.6 Å². The van der Waals surface area contributed by atoms with Crippen molar-refractivity contribution in [2.75, 3.05) is 24.7 Å². The molecule has 2 rings (SSSR count). The van der Waals surface area contributed by atoms with E-state index in [1.54, 1.807) is 43.3 Å². The summed E-state index contributed by atoms with van der Waals surface area (Å²) >= 11 is 6.13. The van der Waals surface area contributed by atoms with Gasteiger partial charge in [0.05, 0.1) is 12.5 Å². The minimum atomic E-state index is -0.784. The van der Waals surface area contributed by atoms with Crippen LogP contribution in [0, 0.1) is 0 Å². The third kappa shape index (κ3) is 5.96. The number of urea groups is 1. The molecule has 144 valence electrons. The normalized spacial score (nSPS) is 11.5. The van der Waals surface area contributed by atoms with Gasteiger partial charge in [-0.05, 0) is 11.6 Å². The van der Waals surface area contributed by atoms with Crippen molar-refractivity contribution in [1.82, 2.24) is 20.3 Å². The Kier molecular flexibility index (Phi) is 6.72. The van der Waals surface area contributed by atoms with E-state index in [-0.39, 0.29) is 24.8 Å². The largest absolute Gasteiger partial charge is 0.457 e. The highest BCUT2D eigenvalue weighted by Gasteiger charge is 2.21. The van der Waals surface area contributed by atoms with Gasteiger partial charge < -0.3 is 26.4 Å². The number of halogens is 1. The number of carbonyl (C=O) groups excluding carboxylic acids is 2.